The number of hydrogen-bond acceptors (Lipinski definition) is 5. The van der Waals surface area contributed by atoms with E-state index in [0.717, 1.165) is 5.56 Å². The molecule has 0 unspecified atom stereocenters. The lowest BCUT2D eigenvalue weighted by atomic mass is 9.95. The predicted molar refractivity (Wildman–Crippen MR) is 112 cm³/mol. The molecule has 30 heavy (non-hydrogen) atoms. The smallest absolute Gasteiger partial charge is 0.244 e. The first-order valence-corrected chi connectivity index (χ1v) is 10.0. The van der Waals surface area contributed by atoms with Crippen LogP contribution in [-0.4, -0.2) is 47.2 Å². The minimum atomic E-state index is -0.278. The SMILES string of the molecule is Cc1ccc(NC(=O)C2CCN(C(=O)CCNC(=O)C=Cc3ccco3)CC2)nc1. The topological polar surface area (TPSA) is 105 Å². The van der Waals surface area contributed by atoms with Crippen molar-refractivity contribution in [3.8, 4) is 0 Å². The highest BCUT2D eigenvalue weighted by molar-refractivity contribution is 5.92. The number of aryl methyl sites for hydroxylation is 1. The highest BCUT2D eigenvalue weighted by atomic mass is 16.3. The summed E-state index contributed by atoms with van der Waals surface area (Å²) in [6.07, 6.45) is 7.63. The maximum atomic E-state index is 12.4. The highest BCUT2D eigenvalue weighted by Crippen LogP contribution is 2.19. The van der Waals surface area contributed by atoms with Crippen molar-refractivity contribution in [1.29, 1.82) is 0 Å². The number of aromatic nitrogens is 1. The van der Waals surface area contributed by atoms with E-state index in [-0.39, 0.29) is 36.6 Å². The maximum absolute atomic E-state index is 12.4. The Balaban J connectivity index is 1.35. The molecule has 0 saturated carbocycles. The number of pyridine rings is 1. The molecule has 2 aromatic heterocycles. The van der Waals surface area contributed by atoms with Crippen molar-refractivity contribution >= 4 is 29.6 Å². The predicted octanol–water partition coefficient (Wildman–Crippen LogP) is 2.38. The van der Waals surface area contributed by atoms with Crippen LogP contribution in [0.1, 0.15) is 30.6 Å². The number of carbonyl (C=O) groups is 3. The second kappa shape index (κ2) is 10.4. The second-order valence-corrected chi connectivity index (χ2v) is 7.25. The maximum Gasteiger partial charge on any atom is 0.244 e. The van der Waals surface area contributed by atoms with Gasteiger partial charge in [-0.25, -0.2) is 4.98 Å². The van der Waals surface area contributed by atoms with Crippen LogP contribution in [0.2, 0.25) is 0 Å². The number of nitrogens with one attached hydrogen (secondary N) is 2. The average molecular weight is 410 g/mol. The van der Waals surface area contributed by atoms with Gasteiger partial charge in [-0.2, -0.15) is 0 Å². The van der Waals surface area contributed by atoms with Gasteiger partial charge in [0.05, 0.1) is 6.26 Å². The molecule has 3 heterocycles. The summed E-state index contributed by atoms with van der Waals surface area (Å²) < 4.78 is 5.11. The molecule has 0 aromatic carbocycles. The third-order valence-electron chi connectivity index (χ3n) is 4.96. The first kappa shape index (κ1) is 21.3. The summed E-state index contributed by atoms with van der Waals surface area (Å²) in [5.41, 5.74) is 1.03. The van der Waals surface area contributed by atoms with Gasteiger partial charge in [0.25, 0.3) is 0 Å². The van der Waals surface area contributed by atoms with Crippen LogP contribution in [-0.2, 0) is 14.4 Å². The first-order valence-electron chi connectivity index (χ1n) is 10.0. The molecule has 8 nitrogen and oxygen atoms in total. The van der Waals surface area contributed by atoms with Gasteiger partial charge in [0, 0.05) is 44.2 Å². The number of furan rings is 1. The molecular formula is C22H26N4O4. The molecule has 1 fully saturated rings. The Morgan fingerprint density at radius 2 is 2.03 bits per heavy atom. The molecule has 0 aliphatic carbocycles. The van der Waals surface area contributed by atoms with E-state index in [0.29, 0.717) is 37.5 Å². The zero-order chi connectivity index (χ0) is 21.3. The molecule has 0 spiro atoms. The van der Waals surface area contributed by atoms with Crippen LogP contribution >= 0.6 is 0 Å². The highest BCUT2D eigenvalue weighted by Gasteiger charge is 2.27. The van der Waals surface area contributed by atoms with E-state index < -0.39 is 0 Å². The number of rotatable bonds is 7. The molecule has 1 aliphatic rings. The molecule has 158 valence electrons. The fourth-order valence-corrected chi connectivity index (χ4v) is 3.21. The summed E-state index contributed by atoms with van der Waals surface area (Å²) >= 11 is 0. The molecule has 0 bridgehead atoms. The monoisotopic (exact) mass is 410 g/mol. The van der Waals surface area contributed by atoms with Crippen molar-refractivity contribution in [2.75, 3.05) is 25.0 Å². The molecule has 1 saturated heterocycles. The molecule has 2 N–H and O–H groups in total. The third-order valence-corrected chi connectivity index (χ3v) is 4.96. The Hall–Kier alpha value is -3.42. The first-order chi connectivity index (χ1) is 14.5. The van der Waals surface area contributed by atoms with E-state index in [2.05, 4.69) is 15.6 Å². The van der Waals surface area contributed by atoms with Crippen LogP contribution in [0.15, 0.2) is 47.2 Å². The molecule has 0 atom stereocenters. The number of likely N-dealkylation sites (tertiary alicyclic amines) is 1. The van der Waals surface area contributed by atoms with Crippen LogP contribution in [0.3, 0.4) is 0 Å². The fraction of sp³-hybridized carbons (Fsp3) is 0.364. The van der Waals surface area contributed by atoms with E-state index in [4.69, 9.17) is 4.42 Å². The minimum absolute atomic E-state index is 0.0237. The largest absolute Gasteiger partial charge is 0.465 e. The fourth-order valence-electron chi connectivity index (χ4n) is 3.21. The van der Waals surface area contributed by atoms with E-state index >= 15 is 0 Å². The molecular weight excluding hydrogens is 384 g/mol. The molecule has 2 aromatic rings. The van der Waals surface area contributed by atoms with E-state index in [1.165, 1.54) is 12.3 Å². The number of carbonyl (C=O) groups excluding carboxylic acids is 3. The van der Waals surface area contributed by atoms with Gasteiger partial charge in [0.2, 0.25) is 17.7 Å². The van der Waals surface area contributed by atoms with Crippen LogP contribution in [0.25, 0.3) is 6.08 Å². The molecule has 3 rings (SSSR count). The van der Waals surface area contributed by atoms with Crippen LogP contribution in [0.4, 0.5) is 5.82 Å². The standard InChI is InChI=1S/C22H26N4O4/c1-16-4-6-19(24-15-16)25-22(29)17-9-12-26(13-10-17)21(28)8-11-23-20(27)7-5-18-3-2-14-30-18/h2-7,14-15,17H,8-13H2,1H3,(H,23,27)(H,24,25,29). The average Bonchev–Trinajstić information content (AvgIpc) is 3.27. The number of hydrogen-bond donors (Lipinski definition) is 2. The van der Waals surface area contributed by atoms with Crippen LogP contribution in [0, 0.1) is 12.8 Å². The number of amides is 3. The molecule has 8 heteroatoms. The lowest BCUT2D eigenvalue weighted by Crippen LogP contribution is -2.42. The molecule has 0 radical (unpaired) electrons. The van der Waals surface area contributed by atoms with Crippen LogP contribution in [0.5, 0.6) is 0 Å². The Kier molecular flexibility index (Phi) is 7.37. The summed E-state index contributed by atoms with van der Waals surface area (Å²) in [6.45, 7) is 3.27. The van der Waals surface area contributed by atoms with Gasteiger partial charge >= 0.3 is 0 Å². The minimum Gasteiger partial charge on any atom is -0.465 e. The van der Waals surface area contributed by atoms with Gasteiger partial charge in [-0.1, -0.05) is 6.07 Å². The van der Waals surface area contributed by atoms with Crippen molar-refractivity contribution < 1.29 is 18.8 Å². The quantitative estimate of drug-likeness (QED) is 0.682. The Labute approximate surface area is 175 Å². The summed E-state index contributed by atoms with van der Waals surface area (Å²) in [5.74, 6) is 0.633. The number of anilines is 1. The van der Waals surface area contributed by atoms with Crippen LogP contribution < -0.4 is 10.6 Å². The van der Waals surface area contributed by atoms with Crippen molar-refractivity contribution in [3.05, 3.63) is 54.1 Å². The zero-order valence-electron chi connectivity index (χ0n) is 17.0. The van der Waals surface area contributed by atoms with Gasteiger partial charge in [-0.3, -0.25) is 14.4 Å². The second-order valence-electron chi connectivity index (χ2n) is 7.25. The molecule has 1 aliphatic heterocycles. The van der Waals surface area contributed by atoms with Gasteiger partial charge in [-0.05, 0) is 49.6 Å². The van der Waals surface area contributed by atoms with E-state index in [1.54, 1.807) is 35.4 Å². The van der Waals surface area contributed by atoms with Gasteiger partial charge in [0.15, 0.2) is 0 Å². The lowest BCUT2D eigenvalue weighted by molar-refractivity contribution is -0.134. The Morgan fingerprint density at radius 1 is 1.23 bits per heavy atom. The zero-order valence-corrected chi connectivity index (χ0v) is 17.0. The summed E-state index contributed by atoms with van der Waals surface area (Å²) in [6, 6.07) is 7.16. The van der Waals surface area contributed by atoms with Crippen molar-refractivity contribution in [2.45, 2.75) is 26.2 Å². The Morgan fingerprint density at radius 3 is 2.70 bits per heavy atom. The normalized spacial score (nSPS) is 14.6. The lowest BCUT2D eigenvalue weighted by Gasteiger charge is -2.31. The Bertz CT molecular complexity index is 882. The van der Waals surface area contributed by atoms with Gasteiger partial charge < -0.3 is 20.0 Å². The van der Waals surface area contributed by atoms with Gasteiger partial charge in [-0.15, -0.1) is 0 Å². The molecule has 3 amide bonds. The number of nitrogens with zero attached hydrogens (tertiary/aromatic N) is 2. The van der Waals surface area contributed by atoms with E-state index in [9.17, 15) is 14.4 Å². The van der Waals surface area contributed by atoms with Crippen molar-refractivity contribution in [3.63, 3.8) is 0 Å². The van der Waals surface area contributed by atoms with E-state index in [1.807, 2.05) is 13.0 Å². The van der Waals surface area contributed by atoms with Crippen molar-refractivity contribution in [2.24, 2.45) is 5.92 Å². The summed E-state index contributed by atoms with van der Waals surface area (Å²) in [7, 11) is 0. The number of piperidine rings is 1. The summed E-state index contributed by atoms with van der Waals surface area (Å²) in [5, 5.41) is 5.52. The van der Waals surface area contributed by atoms with Crippen molar-refractivity contribution in [1.82, 2.24) is 15.2 Å². The summed E-state index contributed by atoms with van der Waals surface area (Å²) in [4.78, 5) is 42.5. The third kappa shape index (κ3) is 6.30. The van der Waals surface area contributed by atoms with Gasteiger partial charge in [0.1, 0.15) is 11.6 Å².